The molecular formula is C10H18ClNO. The third kappa shape index (κ3) is 3.55. The van der Waals surface area contributed by atoms with E-state index < -0.39 is 0 Å². The molecule has 1 atom stereocenters. The smallest absolute Gasteiger partial charge is 0.235 e. The molecule has 1 fully saturated rings. The third-order valence-corrected chi connectivity index (χ3v) is 3.11. The van der Waals surface area contributed by atoms with Gasteiger partial charge >= 0.3 is 0 Å². The summed E-state index contributed by atoms with van der Waals surface area (Å²) in [5, 5.41) is 2.93. The summed E-state index contributed by atoms with van der Waals surface area (Å²) in [7, 11) is 0. The van der Waals surface area contributed by atoms with Gasteiger partial charge in [-0.15, -0.1) is 11.6 Å². The molecule has 0 aliphatic heterocycles. The Bertz CT molecular complexity index is 166. The van der Waals surface area contributed by atoms with Crippen molar-refractivity contribution in [3.63, 3.8) is 0 Å². The maximum atomic E-state index is 11.0. The first kappa shape index (κ1) is 10.8. The predicted octanol–water partition coefficient (Wildman–Crippen LogP) is 2.31. The Hall–Kier alpha value is -0.240. The molecule has 1 amide bonds. The Morgan fingerprint density at radius 3 is 2.62 bits per heavy atom. The highest BCUT2D eigenvalue weighted by Gasteiger charge is 2.20. The number of halogens is 1. The Morgan fingerprint density at radius 2 is 2.08 bits per heavy atom. The van der Waals surface area contributed by atoms with Crippen LogP contribution in [0.3, 0.4) is 0 Å². The molecule has 0 aromatic heterocycles. The number of alkyl halides is 1. The van der Waals surface area contributed by atoms with E-state index in [2.05, 4.69) is 12.2 Å². The molecule has 0 saturated heterocycles. The zero-order chi connectivity index (χ0) is 9.68. The lowest BCUT2D eigenvalue weighted by Gasteiger charge is -2.27. The van der Waals surface area contributed by atoms with Crippen molar-refractivity contribution < 1.29 is 4.79 Å². The van der Waals surface area contributed by atoms with E-state index in [4.69, 9.17) is 11.6 Å². The van der Waals surface area contributed by atoms with Gasteiger partial charge in [0.05, 0.1) is 0 Å². The number of carbonyl (C=O) groups excluding carboxylic acids is 1. The summed E-state index contributed by atoms with van der Waals surface area (Å²) < 4.78 is 0. The molecule has 1 rings (SSSR count). The van der Waals surface area contributed by atoms with Gasteiger partial charge in [0.2, 0.25) is 5.91 Å². The Balaban J connectivity index is 2.28. The van der Waals surface area contributed by atoms with Crippen molar-refractivity contribution in [2.75, 3.05) is 5.88 Å². The molecule has 1 saturated carbocycles. The molecule has 0 radical (unpaired) electrons. The van der Waals surface area contributed by atoms with Gasteiger partial charge in [0.1, 0.15) is 5.88 Å². The Labute approximate surface area is 85.0 Å². The molecule has 1 N–H and O–H groups in total. The number of hydrogen-bond acceptors (Lipinski definition) is 1. The third-order valence-electron chi connectivity index (χ3n) is 2.87. The average Bonchev–Trinajstić information content (AvgIpc) is 2.19. The summed E-state index contributed by atoms with van der Waals surface area (Å²) in [5.41, 5.74) is 0. The molecule has 13 heavy (non-hydrogen) atoms. The summed E-state index contributed by atoms with van der Waals surface area (Å²) in [6.07, 6.45) is 6.48. The van der Waals surface area contributed by atoms with Crippen molar-refractivity contribution in [2.24, 2.45) is 5.92 Å². The minimum Gasteiger partial charge on any atom is -0.352 e. The van der Waals surface area contributed by atoms with Crippen molar-refractivity contribution in [1.82, 2.24) is 5.32 Å². The topological polar surface area (TPSA) is 29.1 Å². The molecule has 0 spiro atoms. The quantitative estimate of drug-likeness (QED) is 0.701. The highest BCUT2D eigenvalue weighted by atomic mass is 35.5. The van der Waals surface area contributed by atoms with E-state index in [0.29, 0.717) is 12.0 Å². The zero-order valence-corrected chi connectivity index (χ0v) is 8.94. The molecule has 1 aliphatic rings. The fraction of sp³-hybridized carbons (Fsp3) is 0.900. The molecule has 3 heteroatoms. The van der Waals surface area contributed by atoms with Crippen LogP contribution in [0.1, 0.15) is 39.0 Å². The average molecular weight is 204 g/mol. The largest absolute Gasteiger partial charge is 0.352 e. The van der Waals surface area contributed by atoms with Crippen LogP contribution in [0.15, 0.2) is 0 Å². The maximum absolute atomic E-state index is 11.0. The second-order valence-corrected chi connectivity index (χ2v) is 4.16. The summed E-state index contributed by atoms with van der Waals surface area (Å²) in [6, 6.07) is 0.298. The van der Waals surface area contributed by atoms with Crippen molar-refractivity contribution >= 4 is 17.5 Å². The molecule has 0 aromatic carbocycles. The van der Waals surface area contributed by atoms with Crippen molar-refractivity contribution in [2.45, 2.75) is 45.1 Å². The first-order chi connectivity index (χ1) is 6.24. The number of nitrogens with one attached hydrogen (secondary N) is 1. The first-order valence-corrected chi connectivity index (χ1v) is 5.63. The molecule has 0 bridgehead atoms. The van der Waals surface area contributed by atoms with E-state index in [0.717, 1.165) is 0 Å². The van der Waals surface area contributed by atoms with Crippen LogP contribution in [0.4, 0.5) is 0 Å². The molecule has 2 nitrogen and oxygen atoms in total. The zero-order valence-electron chi connectivity index (χ0n) is 8.18. The van der Waals surface area contributed by atoms with Gasteiger partial charge in [-0.2, -0.15) is 0 Å². The van der Waals surface area contributed by atoms with Crippen molar-refractivity contribution in [3.05, 3.63) is 0 Å². The van der Waals surface area contributed by atoms with Crippen molar-refractivity contribution in [3.8, 4) is 0 Å². The summed E-state index contributed by atoms with van der Waals surface area (Å²) in [4.78, 5) is 11.0. The molecule has 1 aliphatic carbocycles. The van der Waals surface area contributed by atoms with E-state index in [1.54, 1.807) is 0 Å². The van der Waals surface area contributed by atoms with Gasteiger partial charge < -0.3 is 5.32 Å². The summed E-state index contributed by atoms with van der Waals surface area (Å²) in [6.45, 7) is 2.08. The number of hydrogen-bond donors (Lipinski definition) is 1. The Kier molecular flexibility index (Phi) is 4.57. The summed E-state index contributed by atoms with van der Waals surface area (Å²) in [5.74, 6) is 0.706. The maximum Gasteiger partial charge on any atom is 0.235 e. The molecular weight excluding hydrogens is 186 g/mol. The van der Waals surface area contributed by atoms with Crippen LogP contribution in [-0.4, -0.2) is 17.8 Å². The van der Waals surface area contributed by atoms with E-state index in [1.807, 2.05) is 0 Å². The van der Waals surface area contributed by atoms with E-state index in [-0.39, 0.29) is 11.8 Å². The molecule has 0 heterocycles. The van der Waals surface area contributed by atoms with E-state index in [1.165, 1.54) is 32.1 Å². The summed E-state index contributed by atoms with van der Waals surface area (Å²) >= 11 is 5.42. The standard InChI is InChI=1S/C10H18ClNO/c1-8(12-10(13)7-11)9-5-3-2-4-6-9/h8-9H,2-7H2,1H3,(H,12,13)/t8-/m0/s1. The number of carbonyl (C=O) groups is 1. The van der Waals surface area contributed by atoms with Gasteiger partial charge in [0, 0.05) is 6.04 Å². The van der Waals surface area contributed by atoms with Crippen LogP contribution in [0.25, 0.3) is 0 Å². The second kappa shape index (κ2) is 5.48. The van der Waals surface area contributed by atoms with Gasteiger partial charge in [-0.3, -0.25) is 4.79 Å². The minimum absolute atomic E-state index is 0.0419. The fourth-order valence-corrected chi connectivity index (χ4v) is 2.12. The van der Waals surface area contributed by atoms with E-state index >= 15 is 0 Å². The van der Waals surface area contributed by atoms with E-state index in [9.17, 15) is 4.79 Å². The highest BCUT2D eigenvalue weighted by Crippen LogP contribution is 2.26. The normalized spacial score (nSPS) is 21.1. The SMILES string of the molecule is C[C@H](NC(=O)CCl)C1CCCCC1. The second-order valence-electron chi connectivity index (χ2n) is 3.89. The monoisotopic (exact) mass is 203 g/mol. The van der Waals surface area contributed by atoms with Gasteiger partial charge in [0.15, 0.2) is 0 Å². The van der Waals surface area contributed by atoms with Crippen LogP contribution in [0.2, 0.25) is 0 Å². The van der Waals surface area contributed by atoms with Crippen LogP contribution < -0.4 is 5.32 Å². The number of amides is 1. The van der Waals surface area contributed by atoms with Gasteiger partial charge in [-0.05, 0) is 25.7 Å². The van der Waals surface area contributed by atoms with Gasteiger partial charge in [-0.1, -0.05) is 19.3 Å². The molecule has 76 valence electrons. The lowest BCUT2D eigenvalue weighted by Crippen LogP contribution is -2.39. The van der Waals surface area contributed by atoms with Crippen molar-refractivity contribution in [1.29, 1.82) is 0 Å². The minimum atomic E-state index is -0.0419. The Morgan fingerprint density at radius 1 is 1.46 bits per heavy atom. The van der Waals surface area contributed by atoms with Gasteiger partial charge in [0.25, 0.3) is 0 Å². The van der Waals surface area contributed by atoms with Crippen LogP contribution in [0.5, 0.6) is 0 Å². The predicted molar refractivity (Wildman–Crippen MR) is 54.9 cm³/mol. The van der Waals surface area contributed by atoms with Crippen LogP contribution >= 0.6 is 11.6 Å². The lowest BCUT2D eigenvalue weighted by atomic mass is 9.84. The highest BCUT2D eigenvalue weighted by molar-refractivity contribution is 6.27. The van der Waals surface area contributed by atoms with Gasteiger partial charge in [-0.25, -0.2) is 0 Å². The van der Waals surface area contributed by atoms with Crippen LogP contribution in [0, 0.1) is 5.92 Å². The fourth-order valence-electron chi connectivity index (χ4n) is 2.04. The lowest BCUT2D eigenvalue weighted by molar-refractivity contribution is -0.119. The molecule has 0 unspecified atom stereocenters. The number of rotatable bonds is 3. The molecule has 0 aromatic rings. The van der Waals surface area contributed by atoms with Crippen LogP contribution in [-0.2, 0) is 4.79 Å². The first-order valence-electron chi connectivity index (χ1n) is 5.09.